The highest BCUT2D eigenvalue weighted by atomic mass is 19.1. The number of carbonyl (C=O) groups is 1. The van der Waals surface area contributed by atoms with Crippen LogP contribution in [-0.4, -0.2) is 15.3 Å². The van der Waals surface area contributed by atoms with Crippen LogP contribution in [0.25, 0.3) is 0 Å². The first-order chi connectivity index (χ1) is 8.63. The van der Waals surface area contributed by atoms with E-state index in [1.807, 2.05) is 6.92 Å². The summed E-state index contributed by atoms with van der Waals surface area (Å²) in [5.74, 6) is -1.56. The number of Topliss-reactive ketones (excluding diaryl/α,β-unsaturated/α-hetero) is 1. The molecule has 2 rings (SSSR count). The van der Waals surface area contributed by atoms with Gasteiger partial charge in [0, 0.05) is 18.8 Å². The molecule has 0 aliphatic rings. The molecule has 0 spiro atoms. The van der Waals surface area contributed by atoms with Crippen LogP contribution in [0.1, 0.15) is 23.1 Å². The lowest BCUT2D eigenvalue weighted by molar-refractivity contribution is 0.0963. The summed E-state index contributed by atoms with van der Waals surface area (Å²) in [7, 11) is 0. The number of halogens is 2. The standard InChI is InChI=1S/C13H12F2N2O/c1-2-12-16-6-7-17(12)8-11(18)13-9(14)4-3-5-10(13)15/h3-7H,2,8H2,1H3. The fourth-order valence-corrected chi connectivity index (χ4v) is 1.80. The summed E-state index contributed by atoms with van der Waals surface area (Å²) in [5.41, 5.74) is -0.492. The summed E-state index contributed by atoms with van der Waals surface area (Å²) < 4.78 is 28.4. The van der Waals surface area contributed by atoms with Crippen LogP contribution in [0.5, 0.6) is 0 Å². The van der Waals surface area contributed by atoms with Crippen LogP contribution in [0.2, 0.25) is 0 Å². The van der Waals surface area contributed by atoms with Gasteiger partial charge in [-0.1, -0.05) is 13.0 Å². The Balaban J connectivity index is 2.28. The highest BCUT2D eigenvalue weighted by molar-refractivity contribution is 5.96. The minimum Gasteiger partial charge on any atom is -0.327 e. The summed E-state index contributed by atoms with van der Waals surface area (Å²) in [6, 6.07) is 3.38. The van der Waals surface area contributed by atoms with Crippen molar-refractivity contribution in [2.75, 3.05) is 0 Å². The van der Waals surface area contributed by atoms with E-state index in [-0.39, 0.29) is 6.54 Å². The molecule has 5 heteroatoms. The van der Waals surface area contributed by atoms with Crippen molar-refractivity contribution in [2.45, 2.75) is 19.9 Å². The third-order valence-electron chi connectivity index (χ3n) is 2.67. The van der Waals surface area contributed by atoms with E-state index in [1.165, 1.54) is 6.07 Å². The Morgan fingerprint density at radius 1 is 1.33 bits per heavy atom. The Bertz CT molecular complexity index is 558. The quantitative estimate of drug-likeness (QED) is 0.782. The first-order valence-electron chi connectivity index (χ1n) is 5.60. The number of benzene rings is 1. The number of ketones is 1. The molecule has 1 aromatic heterocycles. The SMILES string of the molecule is CCc1nccn1CC(=O)c1c(F)cccc1F. The number of carbonyl (C=O) groups excluding carboxylic acids is 1. The number of hydrogen-bond donors (Lipinski definition) is 0. The van der Waals surface area contributed by atoms with Crippen molar-refractivity contribution < 1.29 is 13.6 Å². The van der Waals surface area contributed by atoms with Gasteiger partial charge < -0.3 is 4.57 Å². The number of hydrogen-bond acceptors (Lipinski definition) is 2. The van der Waals surface area contributed by atoms with E-state index in [4.69, 9.17) is 0 Å². The summed E-state index contributed by atoms with van der Waals surface area (Å²) in [6.45, 7) is 1.79. The molecule has 0 atom stereocenters. The molecule has 0 N–H and O–H groups in total. The van der Waals surface area contributed by atoms with Gasteiger partial charge in [0.1, 0.15) is 17.5 Å². The molecule has 0 aliphatic heterocycles. The average Bonchev–Trinajstić information content (AvgIpc) is 2.76. The van der Waals surface area contributed by atoms with Crippen LogP contribution in [0.3, 0.4) is 0 Å². The first-order valence-corrected chi connectivity index (χ1v) is 5.60. The lowest BCUT2D eigenvalue weighted by Crippen LogP contribution is -2.15. The Kier molecular flexibility index (Phi) is 3.50. The molecule has 0 aliphatic carbocycles. The van der Waals surface area contributed by atoms with Gasteiger partial charge in [-0.2, -0.15) is 0 Å². The molecule has 3 nitrogen and oxygen atoms in total. The summed E-state index contributed by atoms with van der Waals surface area (Å²) in [4.78, 5) is 15.9. The Labute approximate surface area is 103 Å². The number of aryl methyl sites for hydroxylation is 1. The Morgan fingerprint density at radius 2 is 2.00 bits per heavy atom. The van der Waals surface area contributed by atoms with E-state index < -0.39 is 23.0 Å². The maximum Gasteiger partial charge on any atom is 0.188 e. The van der Waals surface area contributed by atoms with E-state index >= 15 is 0 Å². The molecule has 0 radical (unpaired) electrons. The molecular formula is C13H12F2N2O. The second-order valence-electron chi connectivity index (χ2n) is 3.84. The van der Waals surface area contributed by atoms with Gasteiger partial charge in [-0.05, 0) is 12.1 Å². The third-order valence-corrected chi connectivity index (χ3v) is 2.67. The summed E-state index contributed by atoms with van der Waals surface area (Å²) in [5, 5.41) is 0. The maximum atomic E-state index is 13.4. The van der Waals surface area contributed by atoms with E-state index in [0.717, 1.165) is 12.1 Å². The number of rotatable bonds is 4. The number of nitrogens with zero attached hydrogens (tertiary/aromatic N) is 2. The van der Waals surface area contributed by atoms with Crippen LogP contribution in [0.15, 0.2) is 30.6 Å². The van der Waals surface area contributed by atoms with Gasteiger partial charge >= 0.3 is 0 Å². The zero-order chi connectivity index (χ0) is 13.1. The lowest BCUT2D eigenvalue weighted by atomic mass is 10.1. The fraction of sp³-hybridized carbons (Fsp3) is 0.231. The second-order valence-corrected chi connectivity index (χ2v) is 3.84. The predicted molar refractivity (Wildman–Crippen MR) is 62.3 cm³/mol. The largest absolute Gasteiger partial charge is 0.327 e. The first kappa shape index (κ1) is 12.4. The van der Waals surface area contributed by atoms with Crippen molar-refractivity contribution in [2.24, 2.45) is 0 Å². The maximum absolute atomic E-state index is 13.4. The van der Waals surface area contributed by atoms with Crippen LogP contribution in [-0.2, 0) is 13.0 Å². The van der Waals surface area contributed by atoms with E-state index in [2.05, 4.69) is 4.98 Å². The molecule has 1 heterocycles. The van der Waals surface area contributed by atoms with E-state index in [1.54, 1.807) is 17.0 Å². The molecule has 2 aromatic rings. The minimum atomic E-state index is -0.835. The van der Waals surface area contributed by atoms with Crippen LogP contribution >= 0.6 is 0 Å². The lowest BCUT2D eigenvalue weighted by Gasteiger charge is -2.07. The third kappa shape index (κ3) is 2.30. The topological polar surface area (TPSA) is 34.9 Å². The molecule has 0 bridgehead atoms. The molecule has 0 amide bonds. The molecule has 94 valence electrons. The molecule has 0 fully saturated rings. The van der Waals surface area contributed by atoms with Crippen molar-refractivity contribution in [1.29, 1.82) is 0 Å². The van der Waals surface area contributed by atoms with Crippen LogP contribution in [0.4, 0.5) is 8.78 Å². The number of imidazole rings is 1. The van der Waals surface area contributed by atoms with Gasteiger partial charge in [0.2, 0.25) is 0 Å². The van der Waals surface area contributed by atoms with Gasteiger partial charge in [-0.15, -0.1) is 0 Å². The molecule has 0 saturated carbocycles. The summed E-state index contributed by atoms with van der Waals surface area (Å²) >= 11 is 0. The molecule has 1 aromatic carbocycles. The van der Waals surface area contributed by atoms with Crippen molar-refractivity contribution >= 4 is 5.78 Å². The highest BCUT2D eigenvalue weighted by Crippen LogP contribution is 2.14. The molecule has 18 heavy (non-hydrogen) atoms. The highest BCUT2D eigenvalue weighted by Gasteiger charge is 2.17. The zero-order valence-corrected chi connectivity index (χ0v) is 9.86. The van der Waals surface area contributed by atoms with Crippen molar-refractivity contribution in [3.63, 3.8) is 0 Å². The Morgan fingerprint density at radius 3 is 2.61 bits per heavy atom. The zero-order valence-electron chi connectivity index (χ0n) is 9.86. The Hall–Kier alpha value is -2.04. The van der Waals surface area contributed by atoms with E-state index in [0.29, 0.717) is 12.2 Å². The van der Waals surface area contributed by atoms with Gasteiger partial charge in [0.25, 0.3) is 0 Å². The van der Waals surface area contributed by atoms with Crippen molar-refractivity contribution in [3.05, 3.63) is 53.6 Å². The van der Waals surface area contributed by atoms with Gasteiger partial charge in [0.05, 0.1) is 12.1 Å². The van der Waals surface area contributed by atoms with Crippen molar-refractivity contribution in [3.8, 4) is 0 Å². The molecular weight excluding hydrogens is 238 g/mol. The fourth-order valence-electron chi connectivity index (χ4n) is 1.80. The second kappa shape index (κ2) is 5.08. The van der Waals surface area contributed by atoms with Gasteiger partial charge in [-0.25, -0.2) is 13.8 Å². The predicted octanol–water partition coefficient (Wildman–Crippen LogP) is 2.61. The normalized spacial score (nSPS) is 10.6. The molecule has 0 saturated heterocycles. The van der Waals surface area contributed by atoms with Crippen LogP contribution < -0.4 is 0 Å². The van der Waals surface area contributed by atoms with Crippen molar-refractivity contribution in [1.82, 2.24) is 9.55 Å². The molecule has 0 unspecified atom stereocenters. The minimum absolute atomic E-state index is 0.110. The van der Waals surface area contributed by atoms with Gasteiger partial charge in [-0.3, -0.25) is 4.79 Å². The average molecular weight is 250 g/mol. The van der Waals surface area contributed by atoms with Crippen LogP contribution in [0, 0.1) is 11.6 Å². The van der Waals surface area contributed by atoms with Gasteiger partial charge in [0.15, 0.2) is 5.78 Å². The number of aromatic nitrogens is 2. The monoisotopic (exact) mass is 250 g/mol. The van der Waals surface area contributed by atoms with E-state index in [9.17, 15) is 13.6 Å². The smallest absolute Gasteiger partial charge is 0.188 e. The summed E-state index contributed by atoms with van der Waals surface area (Å²) in [6.07, 6.45) is 3.83.